The lowest BCUT2D eigenvalue weighted by molar-refractivity contribution is -0.0243. The summed E-state index contributed by atoms with van der Waals surface area (Å²) in [5.74, 6) is 3.12. The molecule has 3 aliphatic heterocycles. The van der Waals surface area contributed by atoms with E-state index >= 15 is 0 Å². The number of carbonyl (C=O) groups is 2. The zero-order valence-electron chi connectivity index (χ0n) is 29.6. The summed E-state index contributed by atoms with van der Waals surface area (Å²) in [4.78, 5) is 90.6. The van der Waals surface area contributed by atoms with Gasteiger partial charge < -0.3 is 49.3 Å². The van der Waals surface area contributed by atoms with Crippen molar-refractivity contribution in [1.29, 1.82) is 0 Å². The van der Waals surface area contributed by atoms with Crippen molar-refractivity contribution in [2.45, 2.75) is 30.8 Å². The number of ether oxygens (including phenoxy) is 3. The molecule has 1 fully saturated rings. The molecule has 27 heteroatoms. The Morgan fingerprint density at radius 1 is 0.950 bits per heavy atom. The van der Waals surface area contributed by atoms with E-state index < -0.39 is 77.7 Å². The fraction of sp³-hybridized carbons (Fsp3) is 0.212. The molecule has 1 aromatic heterocycles. The molecule has 7 rings (SSSR count). The number of rotatable bonds is 10. The average Bonchev–Trinajstić information content (AvgIpc) is 3.73. The average molecular weight is 932 g/mol. The molecule has 22 nitrogen and oxygen atoms in total. The predicted molar refractivity (Wildman–Crippen MR) is 202 cm³/mol. The van der Waals surface area contributed by atoms with Gasteiger partial charge in [0.2, 0.25) is 0 Å². The first-order valence-electron chi connectivity index (χ1n) is 16.7. The van der Waals surface area contributed by atoms with Crippen LogP contribution in [0.5, 0.6) is 23.0 Å². The second-order valence-electron chi connectivity index (χ2n) is 12.9. The van der Waals surface area contributed by atoms with Crippen LogP contribution < -0.4 is 21.3 Å². The zero-order valence-corrected chi connectivity index (χ0v) is 33.8. The van der Waals surface area contributed by atoms with Gasteiger partial charge >= 0.3 is 35.1 Å². The third-order valence-electron chi connectivity index (χ3n) is 8.93. The molecule has 3 aliphatic rings. The number of hydrogen-bond acceptors (Lipinski definition) is 15. The lowest BCUT2D eigenvalue weighted by Crippen LogP contribution is -2.34. The molecule has 8 N–H and O–H groups in total. The number of aromatic amines is 1. The van der Waals surface area contributed by atoms with Gasteiger partial charge in [0.15, 0.2) is 5.60 Å². The summed E-state index contributed by atoms with van der Waals surface area (Å²) in [7, 11) is -16.8. The molecule has 4 atom stereocenters. The van der Waals surface area contributed by atoms with Gasteiger partial charge in [0.1, 0.15) is 34.8 Å². The van der Waals surface area contributed by atoms with E-state index in [0.29, 0.717) is 0 Å². The van der Waals surface area contributed by atoms with Crippen LogP contribution >= 0.6 is 46.7 Å². The molecule has 0 radical (unpaired) electrons. The van der Waals surface area contributed by atoms with Gasteiger partial charge in [-0.05, 0) is 43.2 Å². The van der Waals surface area contributed by atoms with Crippen LogP contribution in [-0.4, -0.2) is 70.5 Å². The Kier molecular flexibility index (Phi) is 11.5. The van der Waals surface area contributed by atoms with Crippen molar-refractivity contribution in [1.82, 2.24) is 14.9 Å². The molecule has 1 amide bonds. The normalized spacial score (nSPS) is 19.4. The number of hydrogen-bond donors (Lipinski definition) is 8. The monoisotopic (exact) mass is 931 g/mol. The van der Waals surface area contributed by atoms with Crippen molar-refractivity contribution in [3.63, 3.8) is 0 Å². The molecule has 0 aliphatic carbocycles. The lowest BCUT2D eigenvalue weighted by Gasteiger charge is -2.36. The minimum absolute atomic E-state index is 0.0731. The first-order chi connectivity index (χ1) is 28.1. The molecule has 316 valence electrons. The highest BCUT2D eigenvalue weighted by Crippen LogP contribution is 2.66. The van der Waals surface area contributed by atoms with Gasteiger partial charge in [0.05, 0.1) is 40.4 Å². The molecule has 3 aromatic carbocycles. The van der Waals surface area contributed by atoms with E-state index in [1.807, 2.05) is 0 Å². The number of aromatic nitrogens is 2. The number of phosphoric ester groups is 1. The van der Waals surface area contributed by atoms with Gasteiger partial charge in [0.25, 0.3) is 11.5 Å². The van der Waals surface area contributed by atoms with Crippen LogP contribution in [0.2, 0.25) is 10.0 Å². The van der Waals surface area contributed by atoms with Gasteiger partial charge in [0, 0.05) is 35.0 Å². The Bertz CT molecular complexity index is 2780. The highest BCUT2D eigenvalue weighted by molar-refractivity contribution is 7.66. The first kappa shape index (κ1) is 43.3. The third-order valence-corrected chi connectivity index (χ3v) is 13.4. The molecule has 4 aromatic rings. The van der Waals surface area contributed by atoms with Crippen molar-refractivity contribution in [3.05, 3.63) is 113 Å². The van der Waals surface area contributed by atoms with Gasteiger partial charge in [-0.3, -0.25) is 23.7 Å². The van der Waals surface area contributed by atoms with Crippen LogP contribution in [0.15, 0.2) is 58.3 Å². The van der Waals surface area contributed by atoms with Crippen LogP contribution in [0.25, 0.3) is 0 Å². The molecular weight excluding hydrogens is 906 g/mol. The number of phenols is 2. The quantitative estimate of drug-likeness (QED) is 0.0639. The maximum absolute atomic E-state index is 13.6. The molecule has 60 heavy (non-hydrogen) atoms. The maximum Gasteiger partial charge on any atom is 0.490 e. The summed E-state index contributed by atoms with van der Waals surface area (Å²) in [6.45, 7) is -1.16. The second kappa shape index (κ2) is 15.9. The molecule has 1 saturated heterocycles. The van der Waals surface area contributed by atoms with Crippen LogP contribution in [0.3, 0.4) is 0 Å². The van der Waals surface area contributed by atoms with E-state index in [0.717, 1.165) is 10.8 Å². The molecule has 2 unspecified atom stereocenters. The van der Waals surface area contributed by atoms with E-state index in [1.165, 1.54) is 42.5 Å². The molecular formula is C33H26Cl2N3O19P3. The standard InChI is InChI=1S/C33H26Cl2N3O19P3/c34-22-12-19(28(35)26-27(22)33(55-31(26)43)20-6-3-16(39)10-23(20)54-24-11-17(40)4-7-21(24)33)30(42)36-9-1-2-15-13-38(32(44)37-29(15)41)25-8-5-18(53-25)14-52-59(48,49)57-60(50,51)56-58(45,46)47/h3-4,6-7,10-13,18,25,39-40H,5,8-9,14H2,(H,36,42)(H,48,49)(H,50,51)(H,37,41,44)(H2,45,46,47)/t18-,25+/m0/s1. The van der Waals surface area contributed by atoms with Crippen molar-refractivity contribution in [2.24, 2.45) is 0 Å². The minimum atomic E-state index is -5.74. The van der Waals surface area contributed by atoms with Crippen molar-refractivity contribution in [3.8, 4) is 34.8 Å². The number of benzene rings is 3. The fourth-order valence-corrected chi connectivity index (χ4v) is 10.3. The first-order valence-corrected chi connectivity index (χ1v) is 22.0. The van der Waals surface area contributed by atoms with E-state index in [-0.39, 0.29) is 79.3 Å². The second-order valence-corrected chi connectivity index (χ2v) is 18.1. The molecule has 0 saturated carbocycles. The van der Waals surface area contributed by atoms with Gasteiger partial charge in [-0.25, -0.2) is 23.3 Å². The number of aromatic hydroxyl groups is 2. The summed E-state index contributed by atoms with van der Waals surface area (Å²) >= 11 is 13.5. The molecule has 4 heterocycles. The smallest absolute Gasteiger partial charge is 0.490 e. The number of amides is 1. The molecule has 1 spiro atoms. The topological polar surface area (TPSA) is 329 Å². The summed E-state index contributed by atoms with van der Waals surface area (Å²) in [6, 6.07) is 9.39. The number of H-pyrrole nitrogens is 1. The Hall–Kier alpha value is -4.81. The summed E-state index contributed by atoms with van der Waals surface area (Å²) in [6.07, 6.45) is -0.888. The lowest BCUT2D eigenvalue weighted by atomic mass is 9.77. The van der Waals surface area contributed by atoms with Crippen molar-refractivity contribution in [2.75, 3.05) is 13.2 Å². The number of halogens is 2. The number of esters is 1. The Morgan fingerprint density at radius 3 is 2.23 bits per heavy atom. The predicted octanol–water partition coefficient (Wildman–Crippen LogP) is 3.63. The van der Waals surface area contributed by atoms with Gasteiger partial charge in [-0.1, -0.05) is 35.0 Å². The Labute approximate surface area is 344 Å². The van der Waals surface area contributed by atoms with Crippen molar-refractivity contribution >= 4 is 58.5 Å². The largest absolute Gasteiger partial charge is 0.508 e. The van der Waals surface area contributed by atoms with E-state index in [1.54, 1.807) is 0 Å². The fourth-order valence-electron chi connectivity index (χ4n) is 6.63. The number of nitrogens with zero attached hydrogens (tertiary/aromatic N) is 1. The van der Waals surface area contributed by atoms with Crippen LogP contribution in [-0.2, 0) is 41.9 Å². The highest BCUT2D eigenvalue weighted by atomic mass is 35.5. The Balaban J connectivity index is 1.05. The molecule has 0 bridgehead atoms. The zero-order chi connectivity index (χ0) is 43.5. The SMILES string of the molecule is O=C(NCC#Cc1cn([C@H]2CC[C@@H](COP(=O)(O)OP(=O)(O)OP(=O)(O)O)O2)c(=O)[nH]c1=O)c1cc(Cl)c2c(c1Cl)C(=O)OC21c2ccc(O)cc2Oc2cc(O)ccc21. The van der Waals surface area contributed by atoms with Gasteiger partial charge in [-0.15, -0.1) is 0 Å². The number of phenolic OH excluding ortho intramolecular Hbond substituents is 2. The summed E-state index contributed by atoms with van der Waals surface area (Å²) in [5.41, 5.74) is -3.72. The van der Waals surface area contributed by atoms with E-state index in [2.05, 4.69) is 35.3 Å². The van der Waals surface area contributed by atoms with Crippen LogP contribution in [0.4, 0.5) is 0 Å². The summed E-state index contributed by atoms with van der Waals surface area (Å²) < 4.78 is 64.8. The highest BCUT2D eigenvalue weighted by Gasteiger charge is 2.56. The van der Waals surface area contributed by atoms with Crippen molar-refractivity contribution < 1.29 is 80.4 Å². The number of phosphoric acid groups is 3. The van der Waals surface area contributed by atoms with Crippen LogP contribution in [0.1, 0.15) is 62.0 Å². The summed E-state index contributed by atoms with van der Waals surface area (Å²) in [5, 5.41) is 22.4. The number of carbonyl (C=O) groups excluding carboxylic acids is 2. The maximum atomic E-state index is 13.6. The number of fused-ring (bicyclic) bond motifs is 6. The number of nitrogens with one attached hydrogen (secondary N) is 2. The Morgan fingerprint density at radius 2 is 1.60 bits per heavy atom. The van der Waals surface area contributed by atoms with Crippen LogP contribution in [0, 0.1) is 11.8 Å². The third kappa shape index (κ3) is 8.55. The van der Waals surface area contributed by atoms with E-state index in [4.69, 9.17) is 47.2 Å². The van der Waals surface area contributed by atoms with E-state index in [9.17, 15) is 52.9 Å². The minimum Gasteiger partial charge on any atom is -0.508 e. The van der Waals surface area contributed by atoms with Gasteiger partial charge in [-0.2, -0.15) is 8.62 Å².